The third-order valence-corrected chi connectivity index (χ3v) is 6.66. The van der Waals surface area contributed by atoms with Gasteiger partial charge in [0.15, 0.2) is 0 Å². The molecular formula is C26H25ClN2O3S. The third kappa shape index (κ3) is 5.89. The Bertz CT molecular complexity index is 1130. The Kier molecular flexibility index (Phi) is 7.26. The van der Waals surface area contributed by atoms with Gasteiger partial charge in [-0.2, -0.15) is 0 Å². The van der Waals surface area contributed by atoms with Gasteiger partial charge in [-0.3, -0.25) is 9.59 Å². The summed E-state index contributed by atoms with van der Waals surface area (Å²) in [7, 11) is 0. The molecule has 1 saturated heterocycles. The number of carbonyl (C=O) groups excluding carboxylic acids is 2. The Morgan fingerprint density at radius 2 is 1.85 bits per heavy atom. The predicted octanol–water partition coefficient (Wildman–Crippen LogP) is 6.15. The molecule has 0 unspecified atom stereocenters. The fraction of sp³-hybridized carbons (Fsp3) is 0.231. The Hall–Kier alpha value is -2.96. The van der Waals surface area contributed by atoms with Crippen LogP contribution in [0, 0.1) is 0 Å². The van der Waals surface area contributed by atoms with Crippen LogP contribution in [0.25, 0.3) is 0 Å². The number of nitrogens with one attached hydrogen (secondary N) is 1. The van der Waals surface area contributed by atoms with Crippen LogP contribution in [0.15, 0.2) is 72.8 Å². The van der Waals surface area contributed by atoms with Crippen LogP contribution < -0.4 is 10.1 Å². The van der Waals surface area contributed by atoms with Crippen molar-refractivity contribution < 1.29 is 14.3 Å². The second-order valence-corrected chi connectivity index (χ2v) is 9.59. The van der Waals surface area contributed by atoms with Crippen LogP contribution in [0.4, 0.5) is 5.69 Å². The molecule has 170 valence electrons. The number of carbonyl (C=O) groups is 2. The molecule has 3 aromatic carbocycles. The maximum atomic E-state index is 12.7. The van der Waals surface area contributed by atoms with Gasteiger partial charge in [0.25, 0.3) is 5.91 Å². The minimum absolute atomic E-state index is 0.0584. The van der Waals surface area contributed by atoms with Crippen molar-refractivity contribution in [3.8, 4) is 5.75 Å². The zero-order valence-corrected chi connectivity index (χ0v) is 20.0. The minimum Gasteiger partial charge on any atom is -0.491 e. The quantitative estimate of drug-likeness (QED) is 0.440. The lowest BCUT2D eigenvalue weighted by molar-refractivity contribution is -0.128. The number of halogens is 1. The average molecular weight is 481 g/mol. The highest BCUT2D eigenvalue weighted by Crippen LogP contribution is 2.39. The molecule has 2 amide bonds. The molecule has 0 aromatic heterocycles. The third-order valence-electron chi connectivity index (χ3n) is 5.16. The fourth-order valence-electron chi connectivity index (χ4n) is 3.61. The first-order valence-corrected chi connectivity index (χ1v) is 12.2. The van der Waals surface area contributed by atoms with Crippen molar-refractivity contribution in [3.05, 3.63) is 94.5 Å². The van der Waals surface area contributed by atoms with Gasteiger partial charge in [-0.1, -0.05) is 41.9 Å². The van der Waals surface area contributed by atoms with Crippen LogP contribution in [-0.2, 0) is 11.3 Å². The number of thioether (sulfide) groups is 1. The Labute approximate surface area is 203 Å². The molecule has 33 heavy (non-hydrogen) atoms. The van der Waals surface area contributed by atoms with Gasteiger partial charge in [0.2, 0.25) is 5.91 Å². The first kappa shape index (κ1) is 23.2. The maximum Gasteiger partial charge on any atom is 0.255 e. The lowest BCUT2D eigenvalue weighted by Crippen LogP contribution is -2.27. The highest BCUT2D eigenvalue weighted by molar-refractivity contribution is 8.00. The normalized spacial score (nSPS) is 15.7. The van der Waals surface area contributed by atoms with Gasteiger partial charge in [0.1, 0.15) is 11.1 Å². The number of ether oxygens (including phenoxy) is 1. The lowest BCUT2D eigenvalue weighted by Gasteiger charge is -2.24. The summed E-state index contributed by atoms with van der Waals surface area (Å²) in [5.41, 5.74) is 3.24. The molecule has 1 aliphatic rings. The first-order valence-electron chi connectivity index (χ1n) is 10.7. The molecule has 0 spiro atoms. The fourth-order valence-corrected chi connectivity index (χ4v) is 4.92. The van der Waals surface area contributed by atoms with Gasteiger partial charge in [-0.25, -0.2) is 0 Å². The van der Waals surface area contributed by atoms with E-state index in [4.69, 9.17) is 16.3 Å². The zero-order valence-electron chi connectivity index (χ0n) is 18.5. The van der Waals surface area contributed by atoms with Gasteiger partial charge >= 0.3 is 0 Å². The zero-order chi connectivity index (χ0) is 23.4. The molecule has 1 N–H and O–H groups in total. The van der Waals surface area contributed by atoms with E-state index in [1.807, 2.05) is 79.4 Å². The molecule has 1 aliphatic heterocycles. The molecule has 0 radical (unpaired) electrons. The monoisotopic (exact) mass is 480 g/mol. The number of benzene rings is 3. The molecule has 5 nitrogen and oxygen atoms in total. The molecule has 1 fully saturated rings. The highest BCUT2D eigenvalue weighted by atomic mass is 35.5. The van der Waals surface area contributed by atoms with Crippen LogP contribution in [-0.4, -0.2) is 28.6 Å². The number of nitrogens with zero attached hydrogens (tertiary/aromatic N) is 1. The summed E-state index contributed by atoms with van der Waals surface area (Å²) in [6.45, 7) is 4.43. The Balaban J connectivity index is 1.44. The minimum atomic E-state index is -0.198. The number of anilines is 1. The van der Waals surface area contributed by atoms with Crippen molar-refractivity contribution in [1.82, 2.24) is 4.90 Å². The largest absolute Gasteiger partial charge is 0.491 e. The standard InChI is InChI=1S/C26H25ClN2O3S/c1-17(2)32-23-5-3-4-22(14-23)28-25(31)19-8-10-20(11-9-19)26-29(24(30)16-33-26)15-18-6-12-21(27)13-7-18/h3-14,17,26H,15-16H2,1-2H3,(H,28,31)/t26-/m0/s1. The SMILES string of the molecule is CC(C)Oc1cccc(NC(=O)c2ccc([C@@H]3SCC(=O)N3Cc3ccc(Cl)cc3)cc2)c1. The Morgan fingerprint density at radius 3 is 2.55 bits per heavy atom. The van der Waals surface area contributed by atoms with Gasteiger partial charge in [-0.05, 0) is 61.4 Å². The molecule has 7 heteroatoms. The summed E-state index contributed by atoms with van der Waals surface area (Å²) >= 11 is 7.57. The van der Waals surface area contributed by atoms with Crippen molar-refractivity contribution in [2.24, 2.45) is 0 Å². The van der Waals surface area contributed by atoms with E-state index in [2.05, 4.69) is 5.32 Å². The second kappa shape index (κ2) is 10.3. The number of hydrogen-bond donors (Lipinski definition) is 1. The van der Waals surface area contributed by atoms with Crippen LogP contribution in [0.3, 0.4) is 0 Å². The van der Waals surface area contributed by atoms with Gasteiger partial charge < -0.3 is 15.0 Å². The van der Waals surface area contributed by atoms with Crippen molar-refractivity contribution >= 4 is 40.9 Å². The molecule has 0 saturated carbocycles. The summed E-state index contributed by atoms with van der Waals surface area (Å²) in [6.07, 6.45) is 0.0584. The Morgan fingerprint density at radius 1 is 1.12 bits per heavy atom. The van der Waals surface area contributed by atoms with E-state index in [0.29, 0.717) is 34.3 Å². The van der Waals surface area contributed by atoms with E-state index in [1.54, 1.807) is 23.9 Å². The summed E-state index contributed by atoms with van der Waals surface area (Å²) < 4.78 is 5.69. The smallest absolute Gasteiger partial charge is 0.255 e. The number of rotatable bonds is 7. The summed E-state index contributed by atoms with van der Waals surface area (Å²) in [5, 5.41) is 3.50. The van der Waals surface area contributed by atoms with Crippen molar-refractivity contribution in [1.29, 1.82) is 0 Å². The summed E-state index contributed by atoms with van der Waals surface area (Å²) in [5.74, 6) is 1.05. The summed E-state index contributed by atoms with van der Waals surface area (Å²) in [4.78, 5) is 27.1. The first-order chi connectivity index (χ1) is 15.9. The maximum absolute atomic E-state index is 12.7. The van der Waals surface area contributed by atoms with E-state index < -0.39 is 0 Å². The molecule has 0 bridgehead atoms. The van der Waals surface area contributed by atoms with E-state index in [-0.39, 0.29) is 23.3 Å². The van der Waals surface area contributed by atoms with Crippen LogP contribution in [0.1, 0.15) is 40.7 Å². The summed E-state index contributed by atoms with van der Waals surface area (Å²) in [6, 6.07) is 22.3. The van der Waals surface area contributed by atoms with E-state index in [0.717, 1.165) is 11.1 Å². The van der Waals surface area contributed by atoms with Crippen molar-refractivity contribution in [2.45, 2.75) is 31.9 Å². The van der Waals surface area contributed by atoms with Crippen molar-refractivity contribution in [2.75, 3.05) is 11.1 Å². The van der Waals surface area contributed by atoms with Crippen molar-refractivity contribution in [3.63, 3.8) is 0 Å². The van der Waals surface area contributed by atoms with Crippen LogP contribution >= 0.6 is 23.4 Å². The molecular weight excluding hydrogens is 456 g/mol. The molecule has 0 aliphatic carbocycles. The van der Waals surface area contributed by atoms with E-state index in [9.17, 15) is 9.59 Å². The van der Waals surface area contributed by atoms with Gasteiger partial charge in [0, 0.05) is 28.9 Å². The predicted molar refractivity (Wildman–Crippen MR) is 134 cm³/mol. The van der Waals surface area contributed by atoms with Crippen LogP contribution in [0.5, 0.6) is 5.75 Å². The molecule has 4 rings (SSSR count). The van der Waals surface area contributed by atoms with Gasteiger partial charge in [0.05, 0.1) is 11.9 Å². The topological polar surface area (TPSA) is 58.6 Å². The van der Waals surface area contributed by atoms with E-state index in [1.165, 1.54) is 0 Å². The second-order valence-electron chi connectivity index (χ2n) is 8.08. The number of amides is 2. The van der Waals surface area contributed by atoms with Crippen LogP contribution in [0.2, 0.25) is 5.02 Å². The number of hydrogen-bond acceptors (Lipinski definition) is 4. The highest BCUT2D eigenvalue weighted by Gasteiger charge is 2.32. The van der Waals surface area contributed by atoms with E-state index >= 15 is 0 Å². The van der Waals surface area contributed by atoms with Gasteiger partial charge in [-0.15, -0.1) is 11.8 Å². The molecule has 1 heterocycles. The molecule has 1 atom stereocenters. The molecule has 3 aromatic rings. The lowest BCUT2D eigenvalue weighted by atomic mass is 10.1. The average Bonchev–Trinajstić information content (AvgIpc) is 3.15.